The van der Waals surface area contributed by atoms with E-state index in [1.807, 2.05) is 0 Å². The van der Waals surface area contributed by atoms with E-state index in [1.165, 1.54) is 12.1 Å². The van der Waals surface area contributed by atoms with Gasteiger partial charge in [0.1, 0.15) is 0 Å². The van der Waals surface area contributed by atoms with Gasteiger partial charge >= 0.3 is 0 Å². The number of aliphatic hydroxyl groups is 1. The number of aliphatic hydroxyl groups excluding tert-OH is 1. The van der Waals surface area contributed by atoms with E-state index in [0.29, 0.717) is 0 Å². The van der Waals surface area contributed by atoms with Gasteiger partial charge in [0.05, 0.1) is 12.1 Å². The van der Waals surface area contributed by atoms with E-state index in [-0.39, 0.29) is 11.5 Å². The van der Waals surface area contributed by atoms with Gasteiger partial charge in [0.25, 0.3) is 0 Å². The molecule has 1 aromatic rings. The van der Waals surface area contributed by atoms with E-state index in [0.717, 1.165) is 25.7 Å². The second-order valence-electron chi connectivity index (χ2n) is 4.74. The SMILES string of the molecule is N[C@H](c1cccc(F)c1O)[C@@H](O)C1CCCC1. The molecule has 1 fully saturated rings. The predicted molar refractivity (Wildman–Crippen MR) is 63.0 cm³/mol. The lowest BCUT2D eigenvalue weighted by molar-refractivity contribution is 0.0834. The van der Waals surface area contributed by atoms with Crippen LogP contribution < -0.4 is 5.73 Å². The predicted octanol–water partition coefficient (Wildman–Crippen LogP) is 2.08. The van der Waals surface area contributed by atoms with Gasteiger partial charge in [0.15, 0.2) is 11.6 Å². The topological polar surface area (TPSA) is 66.5 Å². The maximum absolute atomic E-state index is 13.2. The third kappa shape index (κ3) is 2.42. The molecule has 0 unspecified atom stereocenters. The van der Waals surface area contributed by atoms with Gasteiger partial charge in [0.2, 0.25) is 0 Å². The molecular formula is C13H18FNO2. The minimum atomic E-state index is -0.728. The Bertz CT molecular complexity index is 391. The van der Waals surface area contributed by atoms with E-state index in [9.17, 15) is 14.6 Å². The Hall–Kier alpha value is -1.13. The van der Waals surface area contributed by atoms with E-state index in [2.05, 4.69) is 0 Å². The highest BCUT2D eigenvalue weighted by Gasteiger charge is 2.30. The van der Waals surface area contributed by atoms with Crippen LogP contribution >= 0.6 is 0 Å². The molecule has 2 rings (SSSR count). The Morgan fingerprint density at radius 2 is 1.94 bits per heavy atom. The Morgan fingerprint density at radius 3 is 2.59 bits per heavy atom. The lowest BCUT2D eigenvalue weighted by Crippen LogP contribution is -2.32. The van der Waals surface area contributed by atoms with Crippen LogP contribution in [0.25, 0.3) is 0 Å². The fourth-order valence-corrected chi connectivity index (χ4v) is 2.58. The minimum absolute atomic E-state index is 0.160. The second kappa shape index (κ2) is 5.02. The summed E-state index contributed by atoms with van der Waals surface area (Å²) in [6, 6.07) is 3.49. The van der Waals surface area contributed by atoms with Gasteiger partial charge in [0, 0.05) is 5.56 Å². The minimum Gasteiger partial charge on any atom is -0.505 e. The molecule has 3 nitrogen and oxygen atoms in total. The highest BCUT2D eigenvalue weighted by molar-refractivity contribution is 5.36. The summed E-state index contributed by atoms with van der Waals surface area (Å²) in [7, 11) is 0. The standard InChI is InChI=1S/C13H18FNO2/c14-10-7-3-6-9(13(10)17)11(15)12(16)8-4-1-2-5-8/h3,6-8,11-12,16-17H,1-2,4-5,15H2/t11-,12+/m1/s1. The molecule has 0 aliphatic heterocycles. The van der Waals surface area contributed by atoms with E-state index < -0.39 is 23.7 Å². The van der Waals surface area contributed by atoms with E-state index in [1.54, 1.807) is 6.07 Å². The van der Waals surface area contributed by atoms with Crippen molar-refractivity contribution >= 4 is 0 Å². The molecule has 4 N–H and O–H groups in total. The number of hydrogen-bond donors (Lipinski definition) is 3. The molecule has 4 heteroatoms. The van der Waals surface area contributed by atoms with E-state index >= 15 is 0 Å². The molecule has 0 bridgehead atoms. The number of rotatable bonds is 3. The first-order valence-corrected chi connectivity index (χ1v) is 6.02. The number of halogens is 1. The number of phenolic OH excluding ortho intramolecular Hbond substituents is 1. The van der Waals surface area contributed by atoms with Gasteiger partial charge in [-0.2, -0.15) is 0 Å². The number of para-hydroxylation sites is 1. The summed E-state index contributed by atoms with van der Waals surface area (Å²) in [5, 5.41) is 19.7. The number of phenols is 1. The molecule has 0 spiro atoms. The van der Waals surface area contributed by atoms with Crippen LogP contribution in [0, 0.1) is 11.7 Å². The van der Waals surface area contributed by atoms with Crippen molar-refractivity contribution in [2.75, 3.05) is 0 Å². The normalized spacial score (nSPS) is 20.4. The Morgan fingerprint density at radius 1 is 1.29 bits per heavy atom. The summed E-state index contributed by atoms with van der Waals surface area (Å²) in [5.41, 5.74) is 6.19. The first kappa shape index (κ1) is 12.3. The summed E-state index contributed by atoms with van der Waals surface area (Å²) in [5.74, 6) is -0.985. The fourth-order valence-electron chi connectivity index (χ4n) is 2.58. The molecule has 0 amide bonds. The molecule has 17 heavy (non-hydrogen) atoms. The van der Waals surface area contributed by atoms with Crippen LogP contribution in [0.1, 0.15) is 37.3 Å². The first-order chi connectivity index (χ1) is 8.11. The quantitative estimate of drug-likeness (QED) is 0.756. The van der Waals surface area contributed by atoms with Crippen LogP contribution in [0.2, 0.25) is 0 Å². The fraction of sp³-hybridized carbons (Fsp3) is 0.538. The smallest absolute Gasteiger partial charge is 0.165 e. The third-order valence-electron chi connectivity index (χ3n) is 3.63. The molecule has 2 atom stereocenters. The zero-order valence-corrected chi connectivity index (χ0v) is 9.64. The maximum Gasteiger partial charge on any atom is 0.165 e. The molecular weight excluding hydrogens is 221 g/mol. The molecule has 0 aromatic heterocycles. The zero-order chi connectivity index (χ0) is 12.4. The summed E-state index contributed by atoms with van der Waals surface area (Å²) < 4.78 is 13.2. The van der Waals surface area contributed by atoms with Crippen molar-refractivity contribution in [2.24, 2.45) is 11.7 Å². The molecule has 1 aliphatic rings. The number of nitrogens with two attached hydrogens (primary N) is 1. The molecule has 0 saturated heterocycles. The van der Waals surface area contributed by atoms with Gasteiger partial charge < -0.3 is 15.9 Å². The highest BCUT2D eigenvalue weighted by Crippen LogP contribution is 2.35. The van der Waals surface area contributed by atoms with Crippen molar-refractivity contribution in [1.82, 2.24) is 0 Å². The Kier molecular flexibility index (Phi) is 3.64. The highest BCUT2D eigenvalue weighted by atomic mass is 19.1. The summed E-state index contributed by atoms with van der Waals surface area (Å²) in [6.07, 6.45) is 3.38. The number of aromatic hydroxyl groups is 1. The van der Waals surface area contributed by atoms with Crippen LogP contribution in [0.3, 0.4) is 0 Å². The van der Waals surface area contributed by atoms with Crippen molar-refractivity contribution in [3.8, 4) is 5.75 Å². The first-order valence-electron chi connectivity index (χ1n) is 6.02. The van der Waals surface area contributed by atoms with Crippen LogP contribution in [0.15, 0.2) is 18.2 Å². The average molecular weight is 239 g/mol. The Labute approximate surface area is 100 Å². The lowest BCUT2D eigenvalue weighted by atomic mass is 9.90. The maximum atomic E-state index is 13.2. The van der Waals surface area contributed by atoms with Crippen LogP contribution in [0.4, 0.5) is 4.39 Å². The monoisotopic (exact) mass is 239 g/mol. The zero-order valence-electron chi connectivity index (χ0n) is 9.64. The van der Waals surface area contributed by atoms with Gasteiger partial charge in [-0.15, -0.1) is 0 Å². The Balaban J connectivity index is 2.18. The lowest BCUT2D eigenvalue weighted by Gasteiger charge is -2.25. The van der Waals surface area contributed by atoms with Crippen molar-refractivity contribution in [3.05, 3.63) is 29.6 Å². The molecule has 1 saturated carbocycles. The molecule has 1 aromatic carbocycles. The summed E-state index contributed by atoms with van der Waals surface area (Å²) >= 11 is 0. The number of benzene rings is 1. The van der Waals surface area contributed by atoms with Gasteiger partial charge in [-0.05, 0) is 24.8 Å². The molecule has 0 heterocycles. The van der Waals surface area contributed by atoms with Gasteiger partial charge in [-0.25, -0.2) is 4.39 Å². The number of hydrogen-bond acceptors (Lipinski definition) is 3. The molecule has 1 aliphatic carbocycles. The summed E-state index contributed by atoms with van der Waals surface area (Å²) in [4.78, 5) is 0. The second-order valence-corrected chi connectivity index (χ2v) is 4.74. The summed E-state index contributed by atoms with van der Waals surface area (Å²) in [6.45, 7) is 0. The van der Waals surface area contributed by atoms with Gasteiger partial charge in [-0.1, -0.05) is 25.0 Å². The third-order valence-corrected chi connectivity index (χ3v) is 3.63. The van der Waals surface area contributed by atoms with Crippen LogP contribution in [0.5, 0.6) is 5.75 Å². The van der Waals surface area contributed by atoms with Crippen LogP contribution in [-0.4, -0.2) is 16.3 Å². The van der Waals surface area contributed by atoms with Crippen molar-refractivity contribution in [1.29, 1.82) is 0 Å². The van der Waals surface area contributed by atoms with Crippen molar-refractivity contribution in [3.63, 3.8) is 0 Å². The molecule has 94 valence electrons. The van der Waals surface area contributed by atoms with Crippen molar-refractivity contribution < 1.29 is 14.6 Å². The van der Waals surface area contributed by atoms with Crippen LogP contribution in [-0.2, 0) is 0 Å². The molecule has 0 radical (unpaired) electrons. The average Bonchev–Trinajstić information content (AvgIpc) is 2.84. The van der Waals surface area contributed by atoms with Crippen molar-refractivity contribution in [2.45, 2.75) is 37.8 Å². The van der Waals surface area contributed by atoms with Gasteiger partial charge in [-0.3, -0.25) is 0 Å². The largest absolute Gasteiger partial charge is 0.505 e. The van der Waals surface area contributed by atoms with E-state index in [4.69, 9.17) is 5.73 Å².